The molecule has 1 aromatic carbocycles. The Kier molecular flexibility index (Phi) is 3.27. The van der Waals surface area contributed by atoms with Gasteiger partial charge in [0.05, 0.1) is 11.6 Å². The van der Waals surface area contributed by atoms with E-state index >= 15 is 0 Å². The van der Waals surface area contributed by atoms with E-state index < -0.39 is 5.97 Å². The minimum Gasteiger partial charge on any atom is -0.478 e. The van der Waals surface area contributed by atoms with Crippen molar-refractivity contribution in [3.05, 3.63) is 40.4 Å². The van der Waals surface area contributed by atoms with Gasteiger partial charge in [0.15, 0.2) is 0 Å². The van der Waals surface area contributed by atoms with Gasteiger partial charge in [-0.2, -0.15) is 5.26 Å². The zero-order valence-electron chi connectivity index (χ0n) is 7.07. The van der Waals surface area contributed by atoms with Crippen molar-refractivity contribution in [2.75, 3.05) is 0 Å². The molecule has 0 fully saturated rings. The Hall–Kier alpha value is -1.79. The smallest absolute Gasteiger partial charge is 0.336 e. The van der Waals surface area contributed by atoms with E-state index in [4.69, 9.17) is 22.0 Å². The van der Waals surface area contributed by atoms with Crippen molar-refractivity contribution in [1.82, 2.24) is 0 Å². The number of nitrogens with zero attached hydrogens (tertiary/aromatic N) is 1. The van der Waals surface area contributed by atoms with Crippen LogP contribution >= 0.6 is 11.6 Å². The Morgan fingerprint density at radius 3 is 2.86 bits per heavy atom. The Morgan fingerprint density at radius 1 is 1.57 bits per heavy atom. The molecule has 1 N–H and O–H groups in total. The number of rotatable bonds is 2. The first kappa shape index (κ1) is 10.3. The Morgan fingerprint density at radius 2 is 2.29 bits per heavy atom. The van der Waals surface area contributed by atoms with Crippen LogP contribution in [0.4, 0.5) is 0 Å². The van der Waals surface area contributed by atoms with Gasteiger partial charge in [0.1, 0.15) is 0 Å². The quantitative estimate of drug-likeness (QED) is 0.759. The molecule has 0 aliphatic heterocycles. The van der Waals surface area contributed by atoms with Gasteiger partial charge in [-0.3, -0.25) is 0 Å². The number of carboxylic acids is 1. The van der Waals surface area contributed by atoms with Crippen LogP contribution in [-0.2, 0) is 0 Å². The molecule has 0 amide bonds. The van der Waals surface area contributed by atoms with Gasteiger partial charge in [-0.1, -0.05) is 17.7 Å². The first-order valence-electron chi connectivity index (χ1n) is 3.75. The van der Waals surface area contributed by atoms with Crippen LogP contribution in [0.1, 0.15) is 15.9 Å². The van der Waals surface area contributed by atoms with E-state index in [-0.39, 0.29) is 5.56 Å². The third-order valence-corrected chi connectivity index (χ3v) is 1.94. The summed E-state index contributed by atoms with van der Waals surface area (Å²) in [5.41, 5.74) is 0.437. The lowest BCUT2D eigenvalue weighted by Gasteiger charge is -2.02. The fourth-order valence-corrected chi connectivity index (χ4v) is 1.25. The molecule has 3 nitrogen and oxygen atoms in total. The van der Waals surface area contributed by atoms with E-state index in [0.29, 0.717) is 10.6 Å². The van der Waals surface area contributed by atoms with Gasteiger partial charge in [0.25, 0.3) is 0 Å². The number of hydrogen-bond donors (Lipinski definition) is 1. The molecule has 0 aromatic heterocycles. The highest BCUT2D eigenvalue weighted by Gasteiger charge is 2.09. The third kappa shape index (κ3) is 2.12. The number of benzene rings is 1. The van der Waals surface area contributed by atoms with Crippen molar-refractivity contribution < 1.29 is 9.90 Å². The molecule has 0 spiro atoms. The molecule has 0 aliphatic carbocycles. The molecule has 0 atom stereocenters. The summed E-state index contributed by atoms with van der Waals surface area (Å²) in [5.74, 6) is -1.06. The van der Waals surface area contributed by atoms with Crippen LogP contribution in [0.5, 0.6) is 0 Å². The first-order chi connectivity index (χ1) is 6.66. The molecule has 4 heteroatoms. The van der Waals surface area contributed by atoms with E-state index in [9.17, 15) is 4.79 Å². The van der Waals surface area contributed by atoms with Gasteiger partial charge in [0, 0.05) is 16.7 Å². The zero-order chi connectivity index (χ0) is 10.6. The third-order valence-electron chi connectivity index (χ3n) is 1.61. The molecule has 0 aliphatic rings. The normalized spacial score (nSPS) is 10.0. The summed E-state index contributed by atoms with van der Waals surface area (Å²) in [6.45, 7) is 0. The second-order valence-corrected chi connectivity index (χ2v) is 2.88. The Bertz CT molecular complexity index is 432. The molecule has 0 unspecified atom stereocenters. The van der Waals surface area contributed by atoms with Gasteiger partial charge < -0.3 is 5.11 Å². The van der Waals surface area contributed by atoms with Crippen molar-refractivity contribution in [2.24, 2.45) is 0 Å². The average molecular weight is 208 g/mol. The summed E-state index contributed by atoms with van der Waals surface area (Å²) < 4.78 is 0. The van der Waals surface area contributed by atoms with Crippen LogP contribution in [0, 0.1) is 11.3 Å². The number of nitriles is 1. The highest BCUT2D eigenvalue weighted by Crippen LogP contribution is 2.21. The van der Waals surface area contributed by atoms with Crippen LogP contribution in [-0.4, -0.2) is 11.1 Å². The molecule has 70 valence electrons. The van der Waals surface area contributed by atoms with Crippen LogP contribution in [0.2, 0.25) is 5.02 Å². The van der Waals surface area contributed by atoms with Gasteiger partial charge >= 0.3 is 5.97 Å². The molecule has 1 rings (SSSR count). The maximum Gasteiger partial charge on any atom is 0.336 e. The number of hydrogen-bond acceptors (Lipinski definition) is 2. The van der Waals surface area contributed by atoms with Crippen LogP contribution in [0.25, 0.3) is 6.08 Å². The lowest BCUT2D eigenvalue weighted by molar-refractivity contribution is 0.0696. The summed E-state index contributed by atoms with van der Waals surface area (Å²) in [6.07, 6.45) is 2.57. The highest BCUT2D eigenvalue weighted by atomic mass is 35.5. The van der Waals surface area contributed by atoms with Gasteiger partial charge in [-0.05, 0) is 18.2 Å². The monoisotopic (exact) mass is 207 g/mol. The maximum atomic E-state index is 10.8. The van der Waals surface area contributed by atoms with E-state index in [1.54, 1.807) is 18.2 Å². The Balaban J connectivity index is 3.31. The van der Waals surface area contributed by atoms with Crippen molar-refractivity contribution in [1.29, 1.82) is 5.26 Å². The van der Waals surface area contributed by atoms with Crippen molar-refractivity contribution in [3.63, 3.8) is 0 Å². The molecule has 14 heavy (non-hydrogen) atoms. The standard InChI is InChI=1S/C10H6ClNO2/c11-9-5-1-3-8(10(13)14)7(9)4-2-6-12/h1-5H,(H,13,14). The second-order valence-electron chi connectivity index (χ2n) is 2.47. The summed E-state index contributed by atoms with van der Waals surface area (Å²) in [5, 5.41) is 17.5. The summed E-state index contributed by atoms with van der Waals surface area (Å²) in [4.78, 5) is 10.8. The van der Waals surface area contributed by atoms with Gasteiger partial charge in [-0.25, -0.2) is 4.79 Å². The fraction of sp³-hybridized carbons (Fsp3) is 0. The summed E-state index contributed by atoms with van der Waals surface area (Å²) in [7, 11) is 0. The lowest BCUT2D eigenvalue weighted by Crippen LogP contribution is -1.99. The predicted octanol–water partition coefficient (Wildman–Crippen LogP) is 2.57. The second kappa shape index (κ2) is 4.45. The number of allylic oxidation sites excluding steroid dienone is 1. The molecular weight excluding hydrogens is 202 g/mol. The van der Waals surface area contributed by atoms with E-state index in [1.807, 2.05) is 0 Å². The largest absolute Gasteiger partial charge is 0.478 e. The van der Waals surface area contributed by atoms with Crippen LogP contribution in [0.15, 0.2) is 24.3 Å². The summed E-state index contributed by atoms with van der Waals surface area (Å²) >= 11 is 5.79. The highest BCUT2D eigenvalue weighted by molar-refractivity contribution is 6.32. The maximum absolute atomic E-state index is 10.8. The number of carboxylic acid groups (broad SMARTS) is 1. The number of halogens is 1. The molecular formula is C10H6ClNO2. The predicted molar refractivity (Wildman–Crippen MR) is 53.1 cm³/mol. The molecule has 0 bridgehead atoms. The molecule has 0 heterocycles. The van der Waals surface area contributed by atoms with Gasteiger partial charge in [0.2, 0.25) is 0 Å². The van der Waals surface area contributed by atoms with Crippen LogP contribution in [0.3, 0.4) is 0 Å². The molecule has 0 saturated carbocycles. The van der Waals surface area contributed by atoms with Crippen molar-refractivity contribution >= 4 is 23.6 Å². The van der Waals surface area contributed by atoms with Crippen LogP contribution < -0.4 is 0 Å². The average Bonchev–Trinajstić information content (AvgIpc) is 2.15. The fourth-order valence-electron chi connectivity index (χ4n) is 1.01. The van der Waals surface area contributed by atoms with E-state index in [2.05, 4.69) is 0 Å². The minimum atomic E-state index is -1.06. The van der Waals surface area contributed by atoms with Crippen molar-refractivity contribution in [2.45, 2.75) is 0 Å². The number of aromatic carboxylic acids is 1. The first-order valence-corrected chi connectivity index (χ1v) is 4.12. The van der Waals surface area contributed by atoms with Gasteiger partial charge in [-0.15, -0.1) is 0 Å². The molecule has 1 aromatic rings. The van der Waals surface area contributed by atoms with E-state index in [1.165, 1.54) is 18.2 Å². The number of carbonyl (C=O) groups is 1. The van der Waals surface area contributed by atoms with Crippen molar-refractivity contribution in [3.8, 4) is 6.07 Å². The summed E-state index contributed by atoms with van der Waals surface area (Å²) in [6, 6.07) is 6.34. The SMILES string of the molecule is N#CC=Cc1c(Cl)cccc1C(=O)O. The lowest BCUT2D eigenvalue weighted by atomic mass is 10.1. The molecule has 0 saturated heterocycles. The zero-order valence-corrected chi connectivity index (χ0v) is 7.82. The molecule has 0 radical (unpaired) electrons. The van der Waals surface area contributed by atoms with E-state index in [0.717, 1.165) is 0 Å². The Labute approximate surface area is 85.9 Å². The topological polar surface area (TPSA) is 61.1 Å². The minimum absolute atomic E-state index is 0.0870.